The predicted molar refractivity (Wildman–Crippen MR) is 69.4 cm³/mol. The average molecular weight is 220 g/mol. The van der Waals surface area contributed by atoms with Crippen molar-refractivity contribution in [1.82, 2.24) is 0 Å². The molecule has 0 N–H and O–H groups in total. The van der Waals surface area contributed by atoms with E-state index in [4.69, 9.17) is 0 Å². The van der Waals surface area contributed by atoms with E-state index in [1.165, 1.54) is 18.4 Å². The quantitative estimate of drug-likeness (QED) is 0.436. The van der Waals surface area contributed by atoms with Gasteiger partial charge >= 0.3 is 0 Å². The van der Waals surface area contributed by atoms with E-state index in [9.17, 15) is 4.79 Å². The SMILES string of the molecule is C=C1CCC(=O)C(=C)CCCC(C)(C)CC1. The van der Waals surface area contributed by atoms with Crippen LogP contribution in [0.25, 0.3) is 0 Å². The number of hydrogen-bond donors (Lipinski definition) is 0. The number of rotatable bonds is 0. The van der Waals surface area contributed by atoms with Crippen molar-refractivity contribution >= 4 is 5.78 Å². The van der Waals surface area contributed by atoms with Gasteiger partial charge in [-0.25, -0.2) is 0 Å². The minimum atomic E-state index is 0.237. The Morgan fingerprint density at radius 2 is 1.69 bits per heavy atom. The van der Waals surface area contributed by atoms with Gasteiger partial charge in [0.05, 0.1) is 0 Å². The van der Waals surface area contributed by atoms with Crippen molar-refractivity contribution in [2.24, 2.45) is 5.41 Å². The maximum Gasteiger partial charge on any atom is 0.158 e. The lowest BCUT2D eigenvalue weighted by atomic mass is 9.81. The fourth-order valence-electron chi connectivity index (χ4n) is 2.15. The molecule has 1 saturated carbocycles. The second kappa shape index (κ2) is 5.47. The Morgan fingerprint density at radius 3 is 2.38 bits per heavy atom. The summed E-state index contributed by atoms with van der Waals surface area (Å²) in [5, 5.41) is 0. The van der Waals surface area contributed by atoms with Crippen molar-refractivity contribution in [3.63, 3.8) is 0 Å². The molecule has 16 heavy (non-hydrogen) atoms. The van der Waals surface area contributed by atoms with Crippen molar-refractivity contribution < 1.29 is 4.79 Å². The number of Topliss-reactive ketones (excluding diaryl/α,β-unsaturated/α-hetero) is 1. The van der Waals surface area contributed by atoms with Crippen LogP contribution >= 0.6 is 0 Å². The van der Waals surface area contributed by atoms with Crippen LogP contribution in [0.4, 0.5) is 0 Å². The molecule has 1 nitrogen and oxygen atoms in total. The summed E-state index contributed by atoms with van der Waals surface area (Å²) in [7, 11) is 0. The molecular formula is C15H24O. The number of allylic oxidation sites excluding steroid dienone is 2. The van der Waals surface area contributed by atoms with Gasteiger partial charge in [-0.3, -0.25) is 4.79 Å². The maximum atomic E-state index is 11.7. The molecular weight excluding hydrogens is 196 g/mol. The Labute approximate surface area is 99.6 Å². The summed E-state index contributed by atoms with van der Waals surface area (Å²) in [4.78, 5) is 11.7. The van der Waals surface area contributed by atoms with E-state index in [0.717, 1.165) is 31.3 Å². The monoisotopic (exact) mass is 220 g/mol. The third-order valence-corrected chi connectivity index (χ3v) is 3.59. The van der Waals surface area contributed by atoms with Crippen LogP contribution in [0.5, 0.6) is 0 Å². The molecule has 0 radical (unpaired) electrons. The molecule has 1 heteroatoms. The standard InChI is InChI=1S/C15H24O/c1-12-7-8-14(16)13(2)6-5-10-15(3,4)11-9-12/h1-2,5-11H2,3-4H3. The van der Waals surface area contributed by atoms with Crippen LogP contribution in [0.1, 0.15) is 58.8 Å². The molecule has 0 spiro atoms. The summed E-state index contributed by atoms with van der Waals surface area (Å²) in [6, 6.07) is 0. The maximum absolute atomic E-state index is 11.7. The van der Waals surface area contributed by atoms with E-state index >= 15 is 0 Å². The van der Waals surface area contributed by atoms with E-state index < -0.39 is 0 Å². The molecule has 0 saturated heterocycles. The van der Waals surface area contributed by atoms with Crippen molar-refractivity contribution in [2.75, 3.05) is 0 Å². The minimum absolute atomic E-state index is 0.237. The lowest BCUT2D eigenvalue weighted by molar-refractivity contribution is -0.115. The summed E-state index contributed by atoms with van der Waals surface area (Å²) in [6.45, 7) is 12.6. The molecule has 0 unspecified atom stereocenters. The highest BCUT2D eigenvalue weighted by Crippen LogP contribution is 2.32. The number of carbonyl (C=O) groups is 1. The van der Waals surface area contributed by atoms with Gasteiger partial charge in [-0.15, -0.1) is 0 Å². The first-order chi connectivity index (χ1) is 7.41. The zero-order valence-corrected chi connectivity index (χ0v) is 10.8. The molecule has 90 valence electrons. The van der Waals surface area contributed by atoms with Gasteiger partial charge in [0.1, 0.15) is 0 Å². The minimum Gasteiger partial charge on any atom is -0.295 e. The summed E-state index contributed by atoms with van der Waals surface area (Å²) in [5.74, 6) is 0.237. The molecule has 0 aromatic carbocycles. The predicted octanol–water partition coefficient (Wildman–Crippen LogP) is 4.44. The Hall–Kier alpha value is -0.850. The van der Waals surface area contributed by atoms with Gasteiger partial charge in [0, 0.05) is 6.42 Å². The Bertz CT molecular complexity index is 297. The largest absolute Gasteiger partial charge is 0.295 e. The first-order valence-corrected chi connectivity index (χ1v) is 6.28. The van der Waals surface area contributed by atoms with E-state index in [0.29, 0.717) is 11.8 Å². The van der Waals surface area contributed by atoms with Gasteiger partial charge in [0.25, 0.3) is 0 Å². The number of ketones is 1. The third-order valence-electron chi connectivity index (χ3n) is 3.59. The van der Waals surface area contributed by atoms with Crippen LogP contribution in [0.15, 0.2) is 24.3 Å². The van der Waals surface area contributed by atoms with Crippen LogP contribution in [0.2, 0.25) is 0 Å². The molecule has 0 bridgehead atoms. The van der Waals surface area contributed by atoms with Crippen LogP contribution in [0, 0.1) is 5.41 Å². The molecule has 1 aliphatic rings. The van der Waals surface area contributed by atoms with Gasteiger partial charge in [0.15, 0.2) is 5.78 Å². The first-order valence-electron chi connectivity index (χ1n) is 6.28. The Morgan fingerprint density at radius 1 is 1.00 bits per heavy atom. The number of carbonyl (C=O) groups excluding carboxylic acids is 1. The lowest BCUT2D eigenvalue weighted by Gasteiger charge is -2.24. The molecule has 0 aromatic heterocycles. The van der Waals surface area contributed by atoms with E-state index in [-0.39, 0.29) is 5.78 Å². The van der Waals surface area contributed by atoms with Crippen molar-refractivity contribution in [3.8, 4) is 0 Å². The van der Waals surface area contributed by atoms with Crippen molar-refractivity contribution in [3.05, 3.63) is 24.3 Å². The summed E-state index contributed by atoms with van der Waals surface area (Å²) in [6.07, 6.45) is 6.83. The molecule has 0 aromatic rings. The molecule has 0 heterocycles. The van der Waals surface area contributed by atoms with Gasteiger partial charge in [0.2, 0.25) is 0 Å². The molecule has 1 rings (SSSR count). The second-order valence-corrected chi connectivity index (χ2v) is 5.79. The number of hydrogen-bond acceptors (Lipinski definition) is 1. The van der Waals surface area contributed by atoms with Crippen LogP contribution < -0.4 is 0 Å². The summed E-state index contributed by atoms with van der Waals surface area (Å²) >= 11 is 0. The van der Waals surface area contributed by atoms with Gasteiger partial charge in [-0.1, -0.05) is 32.6 Å². The highest BCUT2D eigenvalue weighted by molar-refractivity contribution is 5.94. The van der Waals surface area contributed by atoms with Gasteiger partial charge in [-0.05, 0) is 49.5 Å². The highest BCUT2D eigenvalue weighted by Gasteiger charge is 2.19. The van der Waals surface area contributed by atoms with Crippen LogP contribution in [-0.2, 0) is 4.79 Å². The highest BCUT2D eigenvalue weighted by atomic mass is 16.1. The van der Waals surface area contributed by atoms with Crippen LogP contribution in [-0.4, -0.2) is 5.78 Å². The third kappa shape index (κ3) is 4.34. The van der Waals surface area contributed by atoms with E-state index in [1.807, 2.05) is 0 Å². The van der Waals surface area contributed by atoms with E-state index in [2.05, 4.69) is 27.0 Å². The average Bonchev–Trinajstić information content (AvgIpc) is 2.23. The molecule has 0 atom stereocenters. The zero-order valence-electron chi connectivity index (χ0n) is 10.8. The molecule has 1 aliphatic carbocycles. The summed E-state index contributed by atoms with van der Waals surface area (Å²) in [5.41, 5.74) is 2.40. The van der Waals surface area contributed by atoms with Crippen molar-refractivity contribution in [1.29, 1.82) is 0 Å². The molecule has 0 aliphatic heterocycles. The second-order valence-electron chi connectivity index (χ2n) is 5.79. The Kier molecular flexibility index (Phi) is 4.52. The lowest BCUT2D eigenvalue weighted by Crippen LogP contribution is -2.11. The van der Waals surface area contributed by atoms with Gasteiger partial charge < -0.3 is 0 Å². The molecule has 0 amide bonds. The van der Waals surface area contributed by atoms with Crippen molar-refractivity contribution in [2.45, 2.75) is 58.8 Å². The van der Waals surface area contributed by atoms with Gasteiger partial charge in [-0.2, -0.15) is 0 Å². The topological polar surface area (TPSA) is 17.1 Å². The Balaban J connectivity index is 2.65. The fourth-order valence-corrected chi connectivity index (χ4v) is 2.15. The zero-order chi connectivity index (χ0) is 12.2. The molecule has 1 fully saturated rings. The smallest absolute Gasteiger partial charge is 0.158 e. The normalized spacial score (nSPS) is 24.0. The van der Waals surface area contributed by atoms with E-state index in [1.54, 1.807) is 0 Å². The van der Waals surface area contributed by atoms with Crippen LogP contribution in [0.3, 0.4) is 0 Å². The fraction of sp³-hybridized carbons (Fsp3) is 0.667. The first kappa shape index (κ1) is 13.2. The summed E-state index contributed by atoms with van der Waals surface area (Å²) < 4.78 is 0.